The number of nitrogens with zero attached hydrogens (tertiary/aromatic N) is 1. The van der Waals surface area contributed by atoms with Gasteiger partial charge in [-0.15, -0.1) is 11.3 Å². The predicted octanol–water partition coefficient (Wildman–Crippen LogP) is 5.08. The number of aromatic nitrogens is 1. The summed E-state index contributed by atoms with van der Waals surface area (Å²) < 4.78 is 19.0. The van der Waals surface area contributed by atoms with Crippen molar-refractivity contribution in [2.75, 3.05) is 0 Å². The average molecular weight is 462 g/mol. The predicted molar refractivity (Wildman–Crippen MR) is 125 cm³/mol. The quantitative estimate of drug-likeness (QED) is 0.401. The van der Waals surface area contributed by atoms with Crippen LogP contribution in [0.3, 0.4) is 0 Å². The number of aryl methyl sites for hydroxylation is 1. The van der Waals surface area contributed by atoms with Gasteiger partial charge in [0.1, 0.15) is 22.3 Å². The first-order valence-corrected chi connectivity index (χ1v) is 10.9. The number of amides is 2. The highest BCUT2D eigenvalue weighted by molar-refractivity contribution is 7.15. The van der Waals surface area contributed by atoms with Crippen LogP contribution in [-0.2, 0) is 6.54 Å². The Morgan fingerprint density at radius 2 is 1.82 bits per heavy atom. The van der Waals surface area contributed by atoms with E-state index < -0.39 is 5.91 Å². The van der Waals surface area contributed by atoms with E-state index in [1.54, 1.807) is 60.8 Å². The Morgan fingerprint density at radius 3 is 2.55 bits per heavy atom. The highest BCUT2D eigenvalue weighted by Crippen LogP contribution is 2.29. The molecule has 0 bridgehead atoms. The zero-order chi connectivity index (χ0) is 23.4. The lowest BCUT2D eigenvalue weighted by atomic mass is 10.1. The lowest BCUT2D eigenvalue weighted by Gasteiger charge is -2.12. The first-order chi connectivity index (χ1) is 15.9. The van der Waals surface area contributed by atoms with Gasteiger partial charge in [-0.25, -0.2) is 9.37 Å². The van der Waals surface area contributed by atoms with Crippen molar-refractivity contribution in [2.45, 2.75) is 13.5 Å². The number of para-hydroxylation sites is 1. The molecular weight excluding hydrogens is 441 g/mol. The molecule has 8 heteroatoms. The van der Waals surface area contributed by atoms with Gasteiger partial charge < -0.3 is 15.8 Å². The summed E-state index contributed by atoms with van der Waals surface area (Å²) >= 11 is 1.43. The molecule has 1 aromatic heterocycles. The summed E-state index contributed by atoms with van der Waals surface area (Å²) in [5, 5.41) is 3.64. The second-order valence-corrected chi connectivity index (χ2v) is 8.38. The average Bonchev–Trinajstić information content (AvgIpc) is 3.28. The van der Waals surface area contributed by atoms with E-state index in [1.807, 2.05) is 6.92 Å². The van der Waals surface area contributed by atoms with Crippen LogP contribution < -0.4 is 15.8 Å². The highest BCUT2D eigenvalue weighted by Gasteiger charge is 2.13. The van der Waals surface area contributed by atoms with Crippen molar-refractivity contribution >= 4 is 23.2 Å². The molecule has 0 spiro atoms. The van der Waals surface area contributed by atoms with Crippen LogP contribution in [0.5, 0.6) is 11.5 Å². The van der Waals surface area contributed by atoms with Gasteiger partial charge in [0.15, 0.2) is 0 Å². The lowest BCUT2D eigenvalue weighted by molar-refractivity contribution is 0.0950. The maximum Gasteiger partial charge on any atom is 0.252 e. The van der Waals surface area contributed by atoms with Crippen molar-refractivity contribution in [3.63, 3.8) is 0 Å². The molecular formula is C25H20FN3O3S. The van der Waals surface area contributed by atoms with Crippen molar-refractivity contribution in [3.8, 4) is 22.1 Å². The van der Waals surface area contributed by atoms with Crippen LogP contribution in [0.25, 0.3) is 10.6 Å². The van der Waals surface area contributed by atoms with Gasteiger partial charge in [0.2, 0.25) is 0 Å². The fraction of sp³-hybridized carbons (Fsp3) is 0.0800. The zero-order valence-corrected chi connectivity index (χ0v) is 18.5. The number of hydrogen-bond acceptors (Lipinski definition) is 5. The van der Waals surface area contributed by atoms with Crippen molar-refractivity contribution < 1.29 is 18.7 Å². The number of ether oxygens (including phenoxy) is 1. The Bertz CT molecular complexity index is 1320. The molecule has 4 rings (SSSR count). The van der Waals surface area contributed by atoms with Crippen LogP contribution in [0.1, 0.15) is 31.2 Å². The van der Waals surface area contributed by atoms with E-state index in [9.17, 15) is 14.0 Å². The molecule has 0 saturated carbocycles. The van der Waals surface area contributed by atoms with E-state index in [-0.39, 0.29) is 17.3 Å². The molecule has 1 heterocycles. The summed E-state index contributed by atoms with van der Waals surface area (Å²) in [7, 11) is 0. The molecule has 0 saturated heterocycles. The van der Waals surface area contributed by atoms with Gasteiger partial charge in [0, 0.05) is 22.2 Å². The summed E-state index contributed by atoms with van der Waals surface area (Å²) in [5.41, 5.74) is 7.72. The molecule has 0 aliphatic carbocycles. The lowest BCUT2D eigenvalue weighted by Crippen LogP contribution is -2.22. The maximum atomic E-state index is 13.1. The summed E-state index contributed by atoms with van der Waals surface area (Å²) in [6, 6.07) is 17.9. The Kier molecular flexibility index (Phi) is 6.46. The number of nitrogens with two attached hydrogens (primary N) is 1. The Hall–Kier alpha value is -4.04. The second kappa shape index (κ2) is 9.62. The van der Waals surface area contributed by atoms with E-state index in [0.29, 0.717) is 23.6 Å². The standard InChI is InChI=1S/C25H20FN3O3S/c1-15-12-17(8-11-21(15)32-22-5-3-2-4-20(22)23(27)30)24(31)28-13-19-14-29-25(33-19)16-6-9-18(26)10-7-16/h2-12,14H,13H2,1H3,(H2,27,30)(H,28,31). The number of halogens is 1. The number of primary amides is 1. The van der Waals surface area contributed by atoms with E-state index in [4.69, 9.17) is 10.5 Å². The third-order valence-electron chi connectivity index (χ3n) is 4.88. The van der Waals surface area contributed by atoms with Crippen molar-refractivity contribution in [2.24, 2.45) is 5.73 Å². The van der Waals surface area contributed by atoms with Crippen LogP contribution in [0.2, 0.25) is 0 Å². The fourth-order valence-electron chi connectivity index (χ4n) is 3.17. The molecule has 3 N–H and O–H groups in total. The summed E-state index contributed by atoms with van der Waals surface area (Å²) in [6.07, 6.45) is 1.70. The number of nitrogens with one attached hydrogen (secondary N) is 1. The van der Waals surface area contributed by atoms with Gasteiger partial charge in [-0.1, -0.05) is 12.1 Å². The van der Waals surface area contributed by atoms with Gasteiger partial charge in [-0.05, 0) is 67.1 Å². The summed E-state index contributed by atoms with van der Waals surface area (Å²) in [6.45, 7) is 2.14. The number of hydrogen-bond donors (Lipinski definition) is 2. The Balaban J connectivity index is 1.41. The third kappa shape index (κ3) is 5.24. The number of carbonyl (C=O) groups is 2. The topological polar surface area (TPSA) is 94.3 Å². The summed E-state index contributed by atoms with van der Waals surface area (Å²) in [5.74, 6) is -0.241. The molecule has 0 aliphatic rings. The maximum absolute atomic E-state index is 13.1. The van der Waals surface area contributed by atoms with Gasteiger partial charge in [-0.2, -0.15) is 0 Å². The minimum Gasteiger partial charge on any atom is -0.456 e. The minimum absolute atomic E-state index is 0.237. The van der Waals surface area contributed by atoms with E-state index in [1.165, 1.54) is 23.5 Å². The Labute approximate surface area is 193 Å². The molecule has 0 atom stereocenters. The van der Waals surface area contributed by atoms with Crippen molar-refractivity contribution in [1.82, 2.24) is 10.3 Å². The van der Waals surface area contributed by atoms with Crippen LogP contribution in [0, 0.1) is 12.7 Å². The Morgan fingerprint density at radius 1 is 1.06 bits per heavy atom. The highest BCUT2D eigenvalue weighted by atomic mass is 32.1. The van der Waals surface area contributed by atoms with Gasteiger partial charge in [0.05, 0.1) is 12.1 Å². The molecule has 2 amide bonds. The van der Waals surface area contributed by atoms with Crippen molar-refractivity contribution in [1.29, 1.82) is 0 Å². The third-order valence-corrected chi connectivity index (χ3v) is 5.92. The van der Waals surface area contributed by atoms with Gasteiger partial charge in [0.25, 0.3) is 11.8 Å². The molecule has 6 nitrogen and oxygen atoms in total. The SMILES string of the molecule is Cc1cc(C(=O)NCc2cnc(-c3ccc(F)cc3)s2)ccc1Oc1ccccc1C(N)=O. The second-order valence-electron chi connectivity index (χ2n) is 7.26. The normalized spacial score (nSPS) is 10.6. The molecule has 0 unspecified atom stereocenters. The van der Waals surface area contributed by atoms with E-state index in [2.05, 4.69) is 10.3 Å². The largest absolute Gasteiger partial charge is 0.456 e. The van der Waals surface area contributed by atoms with Crippen LogP contribution in [0.4, 0.5) is 4.39 Å². The van der Waals surface area contributed by atoms with Crippen molar-refractivity contribution in [3.05, 3.63) is 100 Å². The van der Waals surface area contributed by atoms with Crippen LogP contribution in [0.15, 0.2) is 72.9 Å². The molecule has 0 radical (unpaired) electrons. The zero-order valence-electron chi connectivity index (χ0n) is 17.7. The molecule has 4 aromatic rings. The molecule has 166 valence electrons. The van der Waals surface area contributed by atoms with Gasteiger partial charge >= 0.3 is 0 Å². The summed E-state index contributed by atoms with van der Waals surface area (Å²) in [4.78, 5) is 29.4. The monoisotopic (exact) mass is 461 g/mol. The number of benzene rings is 3. The first-order valence-electron chi connectivity index (χ1n) is 10.1. The molecule has 0 aliphatic heterocycles. The minimum atomic E-state index is -0.579. The van der Waals surface area contributed by atoms with Gasteiger partial charge in [-0.3, -0.25) is 9.59 Å². The van der Waals surface area contributed by atoms with E-state index >= 15 is 0 Å². The molecule has 0 fully saturated rings. The van der Waals surface area contributed by atoms with Crippen LogP contribution >= 0.6 is 11.3 Å². The molecule has 33 heavy (non-hydrogen) atoms. The fourth-order valence-corrected chi connectivity index (χ4v) is 4.02. The number of rotatable bonds is 7. The first kappa shape index (κ1) is 22.2. The van der Waals surface area contributed by atoms with E-state index in [0.717, 1.165) is 21.0 Å². The number of carbonyl (C=O) groups excluding carboxylic acids is 2. The smallest absolute Gasteiger partial charge is 0.252 e. The van der Waals surface area contributed by atoms with Crippen LogP contribution in [-0.4, -0.2) is 16.8 Å². The number of thiazole rings is 1. The molecule has 3 aromatic carbocycles.